The van der Waals surface area contributed by atoms with Crippen LogP contribution >= 0.6 is 23.1 Å². The van der Waals surface area contributed by atoms with E-state index in [-0.39, 0.29) is 17.7 Å². The molecule has 1 saturated heterocycles. The first kappa shape index (κ1) is 11.4. The number of nitrogens with two attached hydrogens (primary N) is 1. The molecule has 4 nitrogen and oxygen atoms in total. The van der Waals surface area contributed by atoms with Crippen LogP contribution in [0.5, 0.6) is 0 Å². The summed E-state index contributed by atoms with van der Waals surface area (Å²) in [5.41, 5.74) is 6.29. The van der Waals surface area contributed by atoms with Crippen LogP contribution in [0, 0.1) is 0 Å². The molecule has 2 rings (SSSR count). The molecule has 6 heteroatoms. The third kappa shape index (κ3) is 2.18. The van der Waals surface area contributed by atoms with Crippen LogP contribution < -0.4 is 5.73 Å². The molecule has 2 heterocycles. The van der Waals surface area contributed by atoms with Crippen LogP contribution in [0.2, 0.25) is 0 Å². The fourth-order valence-electron chi connectivity index (χ4n) is 1.33. The summed E-state index contributed by atoms with van der Waals surface area (Å²) in [7, 11) is 0. The van der Waals surface area contributed by atoms with E-state index in [1.54, 1.807) is 17.4 Å². The maximum absolute atomic E-state index is 11.8. The molecule has 0 bridgehead atoms. The normalized spacial score (nSPS) is 18.8. The molecule has 0 atom stereocenters. The van der Waals surface area contributed by atoms with E-state index in [4.69, 9.17) is 5.73 Å². The molecule has 0 unspecified atom stereocenters. The molecule has 0 saturated carbocycles. The number of thioether (sulfide) groups is 1. The Morgan fingerprint density at radius 3 is 2.88 bits per heavy atom. The predicted octanol–water partition coefficient (Wildman–Crippen LogP) is 1.74. The first-order valence-electron chi connectivity index (χ1n) is 4.70. The fourth-order valence-corrected chi connectivity index (χ4v) is 2.81. The van der Waals surface area contributed by atoms with Gasteiger partial charge in [0.25, 0.3) is 11.1 Å². The first-order valence-corrected chi connectivity index (χ1v) is 6.46. The van der Waals surface area contributed by atoms with Crippen LogP contribution in [0.3, 0.4) is 0 Å². The van der Waals surface area contributed by atoms with Crippen LogP contribution in [-0.2, 0) is 4.79 Å². The molecule has 0 radical (unpaired) electrons. The molecule has 0 aromatic carbocycles. The van der Waals surface area contributed by atoms with Crippen molar-refractivity contribution in [1.82, 2.24) is 4.90 Å². The molecule has 1 aliphatic rings. The van der Waals surface area contributed by atoms with Gasteiger partial charge in [-0.15, -0.1) is 0 Å². The Balaban J connectivity index is 2.20. The van der Waals surface area contributed by atoms with Crippen LogP contribution in [0.1, 0.15) is 5.56 Å². The second-order valence-electron chi connectivity index (χ2n) is 3.18. The Hall–Kier alpha value is -1.11. The Morgan fingerprint density at radius 2 is 2.25 bits per heavy atom. The molecule has 0 aliphatic carbocycles. The van der Waals surface area contributed by atoms with Crippen LogP contribution in [0.4, 0.5) is 4.79 Å². The quantitative estimate of drug-likeness (QED) is 0.835. The Labute approximate surface area is 101 Å². The molecule has 84 valence electrons. The topological polar surface area (TPSA) is 63.4 Å². The van der Waals surface area contributed by atoms with Gasteiger partial charge in [-0.1, -0.05) is 0 Å². The lowest BCUT2D eigenvalue weighted by Gasteiger charge is -2.09. The number of amides is 2. The van der Waals surface area contributed by atoms with E-state index in [1.807, 2.05) is 16.8 Å². The van der Waals surface area contributed by atoms with Gasteiger partial charge in [0.1, 0.15) is 0 Å². The Morgan fingerprint density at radius 1 is 1.44 bits per heavy atom. The second kappa shape index (κ2) is 4.82. The highest BCUT2D eigenvalue weighted by molar-refractivity contribution is 8.18. The number of carbonyl (C=O) groups excluding carboxylic acids is 2. The van der Waals surface area contributed by atoms with Crippen molar-refractivity contribution < 1.29 is 9.59 Å². The Kier molecular flexibility index (Phi) is 3.42. The van der Waals surface area contributed by atoms with Gasteiger partial charge in [-0.25, -0.2) is 0 Å². The summed E-state index contributed by atoms with van der Waals surface area (Å²) in [4.78, 5) is 24.9. The molecule has 2 amide bonds. The van der Waals surface area contributed by atoms with Crippen molar-refractivity contribution in [3.63, 3.8) is 0 Å². The number of carbonyl (C=O) groups is 2. The van der Waals surface area contributed by atoms with Crippen LogP contribution in [0.15, 0.2) is 21.7 Å². The largest absolute Gasteiger partial charge is 0.329 e. The lowest BCUT2D eigenvalue weighted by Crippen LogP contribution is -2.33. The Bertz CT molecular complexity index is 440. The van der Waals surface area contributed by atoms with Crippen molar-refractivity contribution in [3.05, 3.63) is 27.3 Å². The summed E-state index contributed by atoms with van der Waals surface area (Å²) in [6, 6.07) is 1.90. The van der Waals surface area contributed by atoms with E-state index in [2.05, 4.69) is 0 Å². The molecule has 1 aliphatic heterocycles. The van der Waals surface area contributed by atoms with Gasteiger partial charge in [0.05, 0.1) is 4.91 Å². The minimum atomic E-state index is -0.244. The molecular weight excluding hydrogens is 244 g/mol. The van der Waals surface area contributed by atoms with Crippen molar-refractivity contribution in [2.24, 2.45) is 5.73 Å². The van der Waals surface area contributed by atoms with Gasteiger partial charge in [0, 0.05) is 13.1 Å². The summed E-state index contributed by atoms with van der Waals surface area (Å²) < 4.78 is 0. The second-order valence-corrected chi connectivity index (χ2v) is 4.95. The maximum atomic E-state index is 11.8. The smallest absolute Gasteiger partial charge is 0.293 e. The van der Waals surface area contributed by atoms with Crippen LogP contribution in [-0.4, -0.2) is 29.1 Å². The maximum Gasteiger partial charge on any atom is 0.293 e. The molecule has 2 N–H and O–H groups in total. The summed E-state index contributed by atoms with van der Waals surface area (Å²) in [5.74, 6) is -0.244. The first-order chi connectivity index (χ1) is 7.72. The van der Waals surface area contributed by atoms with Gasteiger partial charge in [-0.05, 0) is 40.2 Å². The zero-order valence-corrected chi connectivity index (χ0v) is 10.0. The SMILES string of the molecule is NCCN1C(=O)S/C(=C\c2ccsc2)C1=O. The highest BCUT2D eigenvalue weighted by Crippen LogP contribution is 2.32. The van der Waals surface area contributed by atoms with Gasteiger partial charge in [0.2, 0.25) is 0 Å². The van der Waals surface area contributed by atoms with Gasteiger partial charge < -0.3 is 5.73 Å². The minimum absolute atomic E-state index is 0.239. The van der Waals surface area contributed by atoms with Crippen LogP contribution in [0.25, 0.3) is 6.08 Å². The summed E-state index contributed by atoms with van der Waals surface area (Å²) in [5, 5.41) is 3.62. The minimum Gasteiger partial charge on any atom is -0.329 e. The third-order valence-electron chi connectivity index (χ3n) is 2.07. The lowest BCUT2D eigenvalue weighted by molar-refractivity contribution is -0.122. The average Bonchev–Trinajstić information content (AvgIpc) is 2.84. The van der Waals surface area contributed by atoms with Crippen molar-refractivity contribution in [2.75, 3.05) is 13.1 Å². The molecule has 1 aromatic rings. The lowest BCUT2D eigenvalue weighted by atomic mass is 10.3. The molecule has 0 spiro atoms. The number of rotatable bonds is 3. The van der Waals surface area contributed by atoms with Crippen molar-refractivity contribution >= 4 is 40.3 Å². The number of nitrogens with zero attached hydrogens (tertiary/aromatic N) is 1. The predicted molar refractivity (Wildman–Crippen MR) is 66.1 cm³/mol. The van der Waals surface area contributed by atoms with Gasteiger partial charge in [-0.3, -0.25) is 14.5 Å². The van der Waals surface area contributed by atoms with E-state index in [1.165, 1.54) is 4.90 Å². The monoisotopic (exact) mass is 254 g/mol. The van der Waals surface area contributed by atoms with E-state index >= 15 is 0 Å². The zero-order chi connectivity index (χ0) is 11.5. The number of hydrogen-bond acceptors (Lipinski definition) is 5. The van der Waals surface area contributed by atoms with E-state index < -0.39 is 0 Å². The standard InChI is InChI=1S/C10H10N2O2S2/c11-2-3-12-9(13)8(16-10(12)14)5-7-1-4-15-6-7/h1,4-6H,2-3,11H2/b8-5-. The van der Waals surface area contributed by atoms with E-state index in [9.17, 15) is 9.59 Å². The highest BCUT2D eigenvalue weighted by Gasteiger charge is 2.34. The third-order valence-corrected chi connectivity index (χ3v) is 3.68. The summed E-state index contributed by atoms with van der Waals surface area (Å²) in [6.07, 6.45) is 1.73. The number of hydrogen-bond donors (Lipinski definition) is 1. The van der Waals surface area contributed by atoms with Gasteiger partial charge >= 0.3 is 0 Å². The molecule has 16 heavy (non-hydrogen) atoms. The molecular formula is C10H10N2O2S2. The van der Waals surface area contributed by atoms with Crippen molar-refractivity contribution in [3.8, 4) is 0 Å². The van der Waals surface area contributed by atoms with Crippen molar-refractivity contribution in [2.45, 2.75) is 0 Å². The summed E-state index contributed by atoms with van der Waals surface area (Å²) in [6.45, 7) is 0.579. The van der Waals surface area contributed by atoms with Gasteiger partial charge in [0.15, 0.2) is 0 Å². The average molecular weight is 254 g/mol. The zero-order valence-electron chi connectivity index (χ0n) is 8.38. The number of imide groups is 1. The molecule has 1 aromatic heterocycles. The fraction of sp³-hybridized carbons (Fsp3) is 0.200. The van der Waals surface area contributed by atoms with Crippen molar-refractivity contribution in [1.29, 1.82) is 0 Å². The van der Waals surface area contributed by atoms with Gasteiger partial charge in [-0.2, -0.15) is 11.3 Å². The number of thiophene rings is 1. The van der Waals surface area contributed by atoms with E-state index in [0.717, 1.165) is 17.3 Å². The molecule has 1 fully saturated rings. The highest BCUT2D eigenvalue weighted by atomic mass is 32.2. The van der Waals surface area contributed by atoms with E-state index in [0.29, 0.717) is 11.4 Å². The summed E-state index contributed by atoms with van der Waals surface area (Å²) >= 11 is 2.52.